The van der Waals surface area contributed by atoms with Crippen molar-refractivity contribution in [3.05, 3.63) is 29.6 Å². The number of piperidine rings is 1. The Morgan fingerprint density at radius 1 is 1.28 bits per heavy atom. The Hall–Kier alpha value is -1.64. The minimum absolute atomic E-state index is 0.0632. The number of benzene rings is 1. The second-order valence-corrected chi connectivity index (χ2v) is 8.64. The highest BCUT2D eigenvalue weighted by molar-refractivity contribution is 7.97. The van der Waals surface area contributed by atoms with Gasteiger partial charge in [-0.3, -0.25) is 19.6 Å². The first-order valence-electron chi connectivity index (χ1n) is 10.2. The SMILES string of the molecule is CC(NSCCCOCC1CCC(=O)NC1=O)c1ccc(F)c(OCC2CC2)c1. The molecule has 1 aromatic rings. The van der Waals surface area contributed by atoms with E-state index in [0.29, 0.717) is 44.3 Å². The molecule has 29 heavy (non-hydrogen) atoms. The van der Waals surface area contributed by atoms with Gasteiger partial charge in [0.15, 0.2) is 11.6 Å². The Balaban J connectivity index is 1.28. The number of rotatable bonds is 12. The van der Waals surface area contributed by atoms with E-state index in [0.717, 1.165) is 17.7 Å². The largest absolute Gasteiger partial charge is 0.490 e. The molecule has 1 aliphatic heterocycles. The van der Waals surface area contributed by atoms with E-state index < -0.39 is 0 Å². The first-order chi connectivity index (χ1) is 14.0. The maximum atomic E-state index is 13.9. The highest BCUT2D eigenvalue weighted by atomic mass is 32.2. The molecule has 0 radical (unpaired) electrons. The number of nitrogens with one attached hydrogen (secondary N) is 2. The molecule has 2 amide bonds. The van der Waals surface area contributed by atoms with Crippen LogP contribution in [0.25, 0.3) is 0 Å². The number of halogens is 1. The topological polar surface area (TPSA) is 76.7 Å². The molecule has 2 aliphatic rings. The monoisotopic (exact) mass is 424 g/mol. The molecule has 0 bridgehead atoms. The number of amides is 2. The van der Waals surface area contributed by atoms with Crippen molar-refractivity contribution in [2.45, 2.75) is 45.1 Å². The Morgan fingerprint density at radius 2 is 2.10 bits per heavy atom. The summed E-state index contributed by atoms with van der Waals surface area (Å²) in [4.78, 5) is 22.8. The summed E-state index contributed by atoms with van der Waals surface area (Å²) >= 11 is 1.59. The molecule has 0 spiro atoms. The average Bonchev–Trinajstić information content (AvgIpc) is 3.52. The third-order valence-corrected chi connectivity index (χ3v) is 6.11. The maximum Gasteiger partial charge on any atom is 0.232 e. The zero-order valence-electron chi connectivity index (χ0n) is 16.7. The molecule has 1 saturated heterocycles. The predicted octanol–water partition coefficient (Wildman–Crippen LogP) is 3.37. The van der Waals surface area contributed by atoms with Gasteiger partial charge in [-0.2, -0.15) is 0 Å². The van der Waals surface area contributed by atoms with Crippen LogP contribution in [0.2, 0.25) is 0 Å². The summed E-state index contributed by atoms with van der Waals surface area (Å²) in [5.41, 5.74) is 0.985. The van der Waals surface area contributed by atoms with E-state index in [4.69, 9.17) is 9.47 Å². The molecule has 1 saturated carbocycles. The van der Waals surface area contributed by atoms with E-state index in [-0.39, 0.29) is 29.6 Å². The smallest absolute Gasteiger partial charge is 0.232 e. The van der Waals surface area contributed by atoms with Crippen molar-refractivity contribution in [3.8, 4) is 5.75 Å². The highest BCUT2D eigenvalue weighted by Crippen LogP contribution is 2.31. The number of hydrogen-bond donors (Lipinski definition) is 2. The quantitative estimate of drug-likeness (QED) is 0.304. The molecule has 1 aliphatic carbocycles. The zero-order chi connectivity index (χ0) is 20.6. The van der Waals surface area contributed by atoms with Crippen LogP contribution in [0.1, 0.15) is 50.6 Å². The van der Waals surface area contributed by atoms with Crippen molar-refractivity contribution in [3.63, 3.8) is 0 Å². The van der Waals surface area contributed by atoms with Crippen LogP contribution in [0.3, 0.4) is 0 Å². The fraction of sp³-hybridized carbons (Fsp3) is 0.619. The Labute approximate surface area is 175 Å². The molecule has 2 atom stereocenters. The Kier molecular flexibility index (Phi) is 8.32. The molecule has 160 valence electrons. The standard InChI is InChI=1S/C21H29FN2O4S/c1-14(16-5-7-18(22)19(11-16)28-12-15-3-4-15)24-29-10-2-9-27-13-17-6-8-20(25)23-21(17)26/h5,7,11,14-15,17,24H,2-4,6,8-10,12-13H2,1H3,(H,23,25,26). The molecular formula is C21H29FN2O4S. The van der Waals surface area contributed by atoms with E-state index >= 15 is 0 Å². The van der Waals surface area contributed by atoms with Crippen LogP contribution in [0, 0.1) is 17.7 Å². The van der Waals surface area contributed by atoms with E-state index in [1.165, 1.54) is 18.9 Å². The molecule has 1 aromatic carbocycles. The average molecular weight is 425 g/mol. The van der Waals surface area contributed by atoms with Crippen molar-refractivity contribution in [2.24, 2.45) is 11.8 Å². The van der Waals surface area contributed by atoms with E-state index in [9.17, 15) is 14.0 Å². The lowest BCUT2D eigenvalue weighted by atomic mass is 9.99. The van der Waals surface area contributed by atoms with Crippen LogP contribution < -0.4 is 14.8 Å². The summed E-state index contributed by atoms with van der Waals surface area (Å²) in [5.74, 6) is 0.787. The Bertz CT molecular complexity index is 714. The van der Waals surface area contributed by atoms with E-state index in [2.05, 4.69) is 10.0 Å². The zero-order valence-corrected chi connectivity index (χ0v) is 17.6. The van der Waals surface area contributed by atoms with E-state index in [1.54, 1.807) is 24.1 Å². The van der Waals surface area contributed by atoms with Crippen LogP contribution >= 0.6 is 11.9 Å². The molecule has 6 nitrogen and oxygen atoms in total. The lowest BCUT2D eigenvalue weighted by molar-refractivity contribution is -0.137. The molecular weight excluding hydrogens is 395 g/mol. The third kappa shape index (κ3) is 7.28. The summed E-state index contributed by atoms with van der Waals surface area (Å²) in [5, 5.41) is 2.34. The highest BCUT2D eigenvalue weighted by Gasteiger charge is 2.26. The van der Waals surface area contributed by atoms with Gasteiger partial charge in [-0.05, 0) is 56.2 Å². The van der Waals surface area contributed by atoms with Crippen molar-refractivity contribution in [1.29, 1.82) is 0 Å². The number of hydrogen-bond acceptors (Lipinski definition) is 6. The minimum atomic E-state index is -0.317. The van der Waals surface area contributed by atoms with Crippen molar-refractivity contribution < 1.29 is 23.5 Å². The van der Waals surface area contributed by atoms with Gasteiger partial charge >= 0.3 is 0 Å². The second-order valence-electron chi connectivity index (χ2n) is 7.71. The van der Waals surface area contributed by atoms with Gasteiger partial charge in [-0.15, -0.1) is 0 Å². The number of carbonyl (C=O) groups excluding carboxylic acids is 2. The van der Waals surface area contributed by atoms with Gasteiger partial charge in [0.05, 0.1) is 19.1 Å². The first-order valence-corrected chi connectivity index (χ1v) is 11.2. The van der Waals surface area contributed by atoms with Gasteiger partial charge in [-0.1, -0.05) is 18.0 Å². The van der Waals surface area contributed by atoms with Crippen LogP contribution in [0.15, 0.2) is 18.2 Å². The normalized spacial score (nSPS) is 20.4. The van der Waals surface area contributed by atoms with Crippen molar-refractivity contribution in [1.82, 2.24) is 10.0 Å². The molecule has 3 rings (SSSR count). The third-order valence-electron chi connectivity index (χ3n) is 5.09. The fourth-order valence-electron chi connectivity index (χ4n) is 3.00. The molecule has 1 heterocycles. The molecule has 8 heteroatoms. The first kappa shape index (κ1) is 22.1. The van der Waals surface area contributed by atoms with E-state index in [1.807, 2.05) is 6.92 Å². The van der Waals surface area contributed by atoms with Crippen molar-refractivity contribution in [2.75, 3.05) is 25.6 Å². The number of imide groups is 1. The van der Waals surface area contributed by atoms with Gasteiger partial charge in [0.1, 0.15) is 0 Å². The van der Waals surface area contributed by atoms with Crippen LogP contribution in [-0.2, 0) is 14.3 Å². The molecule has 2 fully saturated rings. The van der Waals surface area contributed by atoms with Crippen LogP contribution in [0.4, 0.5) is 4.39 Å². The molecule has 2 unspecified atom stereocenters. The van der Waals surface area contributed by atoms with Gasteiger partial charge in [0.2, 0.25) is 11.8 Å². The molecule has 2 N–H and O–H groups in total. The van der Waals surface area contributed by atoms with Crippen molar-refractivity contribution >= 4 is 23.8 Å². The summed E-state index contributed by atoms with van der Waals surface area (Å²) < 4.78 is 28.4. The molecule has 0 aromatic heterocycles. The van der Waals surface area contributed by atoms with Gasteiger partial charge in [0, 0.05) is 24.8 Å². The second kappa shape index (κ2) is 10.9. The predicted molar refractivity (Wildman–Crippen MR) is 110 cm³/mol. The summed E-state index contributed by atoms with van der Waals surface area (Å²) in [6.45, 7) is 3.55. The Morgan fingerprint density at radius 3 is 2.86 bits per heavy atom. The summed E-state index contributed by atoms with van der Waals surface area (Å²) in [6, 6.07) is 5.08. The van der Waals surface area contributed by atoms with Crippen LogP contribution in [0.5, 0.6) is 5.75 Å². The van der Waals surface area contributed by atoms with Gasteiger partial charge < -0.3 is 9.47 Å². The van der Waals surface area contributed by atoms with Gasteiger partial charge in [-0.25, -0.2) is 4.39 Å². The minimum Gasteiger partial charge on any atom is -0.490 e. The lowest BCUT2D eigenvalue weighted by Crippen LogP contribution is -2.42. The number of carbonyl (C=O) groups is 2. The summed E-state index contributed by atoms with van der Waals surface area (Å²) in [7, 11) is 0. The fourth-order valence-corrected chi connectivity index (χ4v) is 3.77. The summed E-state index contributed by atoms with van der Waals surface area (Å²) in [6.07, 6.45) is 4.13. The van der Waals surface area contributed by atoms with Gasteiger partial charge in [0.25, 0.3) is 0 Å². The lowest BCUT2D eigenvalue weighted by Gasteiger charge is -2.20. The number of ether oxygens (including phenoxy) is 2. The van der Waals surface area contributed by atoms with Crippen LogP contribution in [-0.4, -0.2) is 37.4 Å². The maximum absolute atomic E-state index is 13.9.